The summed E-state index contributed by atoms with van der Waals surface area (Å²) in [6.07, 6.45) is 0.719. The molecule has 0 saturated carbocycles. The number of carbonyl (C=O) groups is 1. The maximum absolute atomic E-state index is 12.8. The summed E-state index contributed by atoms with van der Waals surface area (Å²) in [5.74, 6) is 0.395. The molecule has 2 aromatic rings. The highest BCUT2D eigenvalue weighted by Crippen LogP contribution is 2.38. The van der Waals surface area contributed by atoms with Crippen molar-refractivity contribution in [3.05, 3.63) is 47.0 Å². The van der Waals surface area contributed by atoms with Gasteiger partial charge in [0.1, 0.15) is 0 Å². The normalized spacial score (nSPS) is 17.2. The van der Waals surface area contributed by atoms with Crippen molar-refractivity contribution in [3.8, 4) is 11.5 Å². The maximum Gasteiger partial charge on any atom is 0.255 e. The van der Waals surface area contributed by atoms with Gasteiger partial charge in [-0.15, -0.1) is 0 Å². The van der Waals surface area contributed by atoms with Crippen LogP contribution in [-0.2, 0) is 14.8 Å². The lowest BCUT2D eigenvalue weighted by Crippen LogP contribution is -2.40. The summed E-state index contributed by atoms with van der Waals surface area (Å²) < 4.78 is 43.5. The van der Waals surface area contributed by atoms with Crippen molar-refractivity contribution in [2.75, 3.05) is 44.8 Å². The maximum atomic E-state index is 12.8. The molecule has 8 nitrogen and oxygen atoms in total. The Hall–Kier alpha value is -2.33. The summed E-state index contributed by atoms with van der Waals surface area (Å²) in [7, 11) is -3.66. The number of hydrogen-bond acceptors (Lipinski definition) is 6. The molecule has 0 bridgehead atoms. The second-order valence-corrected chi connectivity index (χ2v) is 9.18. The number of rotatable bonds is 4. The average Bonchev–Trinajstić information content (AvgIpc) is 3.00. The topological polar surface area (TPSA) is 94.2 Å². The molecule has 30 heavy (non-hydrogen) atoms. The number of hydrogen-bond donors (Lipinski definition) is 1. The number of halogens is 1. The van der Waals surface area contributed by atoms with Gasteiger partial charge in [-0.3, -0.25) is 4.79 Å². The van der Waals surface area contributed by atoms with Crippen LogP contribution in [0.4, 0.5) is 5.69 Å². The number of morpholine rings is 1. The largest absolute Gasteiger partial charge is 0.489 e. The molecule has 2 heterocycles. The lowest BCUT2D eigenvalue weighted by atomic mass is 10.1. The Labute approximate surface area is 179 Å². The quantitative estimate of drug-likeness (QED) is 0.766. The third kappa shape index (κ3) is 4.39. The first kappa shape index (κ1) is 20.9. The molecule has 160 valence electrons. The molecule has 10 heteroatoms. The first-order chi connectivity index (χ1) is 14.4. The van der Waals surface area contributed by atoms with E-state index in [0.29, 0.717) is 56.7 Å². The molecule has 2 aliphatic heterocycles. The predicted molar refractivity (Wildman–Crippen MR) is 111 cm³/mol. The van der Waals surface area contributed by atoms with Crippen molar-refractivity contribution in [1.29, 1.82) is 0 Å². The third-order valence-electron chi connectivity index (χ3n) is 4.76. The van der Waals surface area contributed by atoms with E-state index in [2.05, 4.69) is 5.32 Å². The minimum absolute atomic E-state index is 0.110. The van der Waals surface area contributed by atoms with Gasteiger partial charge >= 0.3 is 0 Å². The van der Waals surface area contributed by atoms with Gasteiger partial charge in [0.25, 0.3) is 5.91 Å². The Kier molecular flexibility index (Phi) is 6.14. The molecule has 1 saturated heterocycles. The van der Waals surface area contributed by atoms with E-state index in [1.54, 1.807) is 18.2 Å². The minimum atomic E-state index is -3.66. The molecule has 1 amide bonds. The molecule has 0 radical (unpaired) electrons. The Balaban J connectivity index is 1.55. The van der Waals surface area contributed by atoms with Crippen LogP contribution in [-0.4, -0.2) is 58.1 Å². The van der Waals surface area contributed by atoms with Crippen molar-refractivity contribution < 1.29 is 27.4 Å². The zero-order chi connectivity index (χ0) is 21.1. The van der Waals surface area contributed by atoms with Gasteiger partial charge in [0.2, 0.25) is 10.0 Å². The Morgan fingerprint density at radius 3 is 2.60 bits per heavy atom. The lowest BCUT2D eigenvalue weighted by molar-refractivity contribution is 0.0730. The molecular weight excluding hydrogens is 432 g/mol. The van der Waals surface area contributed by atoms with Gasteiger partial charge in [-0.2, -0.15) is 4.31 Å². The summed E-state index contributed by atoms with van der Waals surface area (Å²) in [5, 5.41) is 3.00. The van der Waals surface area contributed by atoms with Crippen LogP contribution < -0.4 is 14.8 Å². The number of anilines is 1. The second kappa shape index (κ2) is 8.81. The fourth-order valence-corrected chi connectivity index (χ4v) is 4.96. The van der Waals surface area contributed by atoms with Gasteiger partial charge in [0.15, 0.2) is 11.5 Å². The molecule has 1 fully saturated rings. The molecule has 2 aliphatic rings. The van der Waals surface area contributed by atoms with Crippen LogP contribution >= 0.6 is 11.6 Å². The first-order valence-electron chi connectivity index (χ1n) is 9.53. The molecule has 2 aromatic carbocycles. The summed E-state index contributed by atoms with van der Waals surface area (Å²) in [4.78, 5) is 12.9. The second-order valence-electron chi connectivity index (χ2n) is 6.83. The molecule has 1 N–H and O–H groups in total. The number of amides is 1. The van der Waals surface area contributed by atoms with E-state index in [0.717, 1.165) is 6.42 Å². The Bertz CT molecular complexity index is 1050. The lowest BCUT2D eigenvalue weighted by Gasteiger charge is -2.26. The number of benzene rings is 2. The number of sulfonamides is 1. The van der Waals surface area contributed by atoms with Crippen molar-refractivity contribution in [2.45, 2.75) is 11.3 Å². The number of fused-ring (bicyclic) bond motifs is 1. The van der Waals surface area contributed by atoms with Gasteiger partial charge < -0.3 is 19.5 Å². The minimum Gasteiger partial charge on any atom is -0.489 e. The molecule has 0 spiro atoms. The smallest absolute Gasteiger partial charge is 0.255 e. The van der Waals surface area contributed by atoms with Crippen molar-refractivity contribution >= 4 is 33.2 Å². The van der Waals surface area contributed by atoms with E-state index < -0.39 is 15.9 Å². The predicted octanol–water partition coefficient (Wildman–Crippen LogP) is 2.77. The van der Waals surface area contributed by atoms with Gasteiger partial charge in [-0.1, -0.05) is 17.7 Å². The van der Waals surface area contributed by atoms with Crippen LogP contribution in [0, 0.1) is 0 Å². The molecule has 0 atom stereocenters. The highest BCUT2D eigenvalue weighted by molar-refractivity contribution is 7.89. The van der Waals surface area contributed by atoms with Crippen LogP contribution in [0.1, 0.15) is 16.8 Å². The van der Waals surface area contributed by atoms with Crippen LogP contribution in [0.5, 0.6) is 11.5 Å². The average molecular weight is 453 g/mol. The fourth-order valence-electron chi connectivity index (χ4n) is 3.24. The number of carbonyl (C=O) groups excluding carboxylic acids is 1. The number of ether oxygens (including phenoxy) is 3. The summed E-state index contributed by atoms with van der Waals surface area (Å²) >= 11 is 6.26. The molecule has 4 rings (SSSR count). The molecular formula is C20H21ClN2O6S. The summed E-state index contributed by atoms with van der Waals surface area (Å²) in [6.45, 7) is 2.28. The van der Waals surface area contributed by atoms with E-state index in [-0.39, 0.29) is 15.5 Å². The zero-order valence-corrected chi connectivity index (χ0v) is 17.7. The van der Waals surface area contributed by atoms with Gasteiger partial charge in [-0.05, 0) is 30.3 Å². The van der Waals surface area contributed by atoms with E-state index >= 15 is 0 Å². The van der Waals surface area contributed by atoms with Gasteiger partial charge in [0.05, 0.1) is 36.3 Å². The monoisotopic (exact) mass is 452 g/mol. The van der Waals surface area contributed by atoms with Crippen LogP contribution in [0.15, 0.2) is 41.3 Å². The summed E-state index contributed by atoms with van der Waals surface area (Å²) in [5.41, 5.74) is 0.642. The van der Waals surface area contributed by atoms with Crippen molar-refractivity contribution in [1.82, 2.24) is 4.31 Å². The first-order valence-corrected chi connectivity index (χ1v) is 11.4. The van der Waals surface area contributed by atoms with E-state index in [9.17, 15) is 13.2 Å². The molecule has 0 aliphatic carbocycles. The highest BCUT2D eigenvalue weighted by atomic mass is 35.5. The molecule has 0 aromatic heterocycles. The number of nitrogens with one attached hydrogen (secondary N) is 1. The SMILES string of the molecule is O=C(Nc1cccc(S(=O)(=O)N2CCOCC2)c1)c1cc(Cl)c2c(c1)OCCCO2. The zero-order valence-electron chi connectivity index (χ0n) is 16.1. The highest BCUT2D eigenvalue weighted by Gasteiger charge is 2.26. The van der Waals surface area contributed by atoms with Crippen molar-refractivity contribution in [2.24, 2.45) is 0 Å². The Morgan fingerprint density at radius 1 is 1.03 bits per heavy atom. The van der Waals surface area contributed by atoms with Gasteiger partial charge in [-0.25, -0.2) is 8.42 Å². The Morgan fingerprint density at radius 2 is 1.80 bits per heavy atom. The van der Waals surface area contributed by atoms with E-state index in [4.69, 9.17) is 25.8 Å². The molecule has 0 unspecified atom stereocenters. The number of nitrogens with zero attached hydrogens (tertiary/aromatic N) is 1. The van der Waals surface area contributed by atoms with Crippen LogP contribution in [0.25, 0.3) is 0 Å². The van der Waals surface area contributed by atoms with Gasteiger partial charge in [0, 0.05) is 30.8 Å². The fraction of sp³-hybridized carbons (Fsp3) is 0.350. The van der Waals surface area contributed by atoms with E-state index in [1.165, 1.54) is 22.5 Å². The summed E-state index contributed by atoms with van der Waals surface area (Å²) in [6, 6.07) is 9.22. The van der Waals surface area contributed by atoms with Crippen molar-refractivity contribution in [3.63, 3.8) is 0 Å². The van der Waals surface area contributed by atoms with Crippen LogP contribution in [0.2, 0.25) is 5.02 Å². The van der Waals surface area contributed by atoms with E-state index in [1.807, 2.05) is 0 Å². The third-order valence-corrected chi connectivity index (χ3v) is 6.94. The standard InChI is InChI=1S/C20H21ClN2O6S/c21-17-11-14(12-18-19(17)29-8-2-7-28-18)20(24)22-15-3-1-4-16(13-15)30(25,26)23-5-9-27-10-6-23/h1,3-4,11-13H,2,5-10H2,(H,22,24). The van der Waals surface area contributed by atoms with Crippen LogP contribution in [0.3, 0.4) is 0 Å².